The molecule has 152 valence electrons. The molecule has 1 aromatic heterocycles. The Morgan fingerprint density at radius 1 is 1.31 bits per heavy atom. The van der Waals surface area contributed by atoms with E-state index in [0.717, 1.165) is 0 Å². The van der Waals surface area contributed by atoms with Crippen LogP contribution in [0.3, 0.4) is 0 Å². The number of nitrogens with one attached hydrogen (secondary N) is 1. The van der Waals surface area contributed by atoms with Crippen molar-refractivity contribution in [3.05, 3.63) is 64.2 Å². The number of para-hydroxylation sites is 1. The van der Waals surface area contributed by atoms with Crippen LogP contribution in [0.15, 0.2) is 52.4 Å². The van der Waals surface area contributed by atoms with Gasteiger partial charge in [-0.2, -0.15) is 0 Å². The van der Waals surface area contributed by atoms with E-state index < -0.39 is 5.25 Å². The number of ether oxygens (including phenoxy) is 1. The smallest absolute Gasteiger partial charge is 0.262 e. The molecule has 3 aromatic rings. The van der Waals surface area contributed by atoms with E-state index in [1.54, 1.807) is 51.3 Å². The molecular formula is C21H22FN3O3S. The minimum absolute atomic E-state index is 0.177. The summed E-state index contributed by atoms with van der Waals surface area (Å²) < 4.78 is 20.4. The molecule has 2 aromatic carbocycles. The molecule has 0 saturated carbocycles. The van der Waals surface area contributed by atoms with Crippen LogP contribution < -0.4 is 10.9 Å². The summed E-state index contributed by atoms with van der Waals surface area (Å²) in [6.07, 6.45) is 0. The monoisotopic (exact) mass is 415 g/mol. The van der Waals surface area contributed by atoms with E-state index in [2.05, 4.69) is 10.3 Å². The van der Waals surface area contributed by atoms with Gasteiger partial charge in [-0.1, -0.05) is 30.0 Å². The predicted octanol–water partition coefficient (Wildman–Crippen LogP) is 3.61. The van der Waals surface area contributed by atoms with E-state index in [1.165, 1.54) is 22.4 Å². The van der Waals surface area contributed by atoms with E-state index in [1.807, 2.05) is 6.07 Å². The summed E-state index contributed by atoms with van der Waals surface area (Å²) in [5, 5.41) is 3.10. The van der Waals surface area contributed by atoms with E-state index >= 15 is 0 Å². The van der Waals surface area contributed by atoms with Crippen LogP contribution in [-0.4, -0.2) is 34.4 Å². The van der Waals surface area contributed by atoms with Crippen molar-refractivity contribution in [2.75, 3.05) is 19.0 Å². The fraction of sp³-hybridized carbons (Fsp3) is 0.286. The quantitative estimate of drug-likeness (QED) is 0.471. The van der Waals surface area contributed by atoms with Crippen molar-refractivity contribution in [2.24, 2.45) is 0 Å². The molecule has 1 atom stereocenters. The van der Waals surface area contributed by atoms with Crippen LogP contribution in [0, 0.1) is 12.7 Å². The van der Waals surface area contributed by atoms with Gasteiger partial charge in [0.2, 0.25) is 5.91 Å². The second kappa shape index (κ2) is 9.19. The van der Waals surface area contributed by atoms with Gasteiger partial charge in [0.1, 0.15) is 5.82 Å². The molecule has 0 spiro atoms. The molecule has 0 aliphatic rings. The number of methoxy groups -OCH3 is 1. The van der Waals surface area contributed by atoms with E-state index in [0.29, 0.717) is 40.5 Å². The number of nitrogens with zero attached hydrogens (tertiary/aromatic N) is 2. The number of benzene rings is 2. The Kier molecular flexibility index (Phi) is 6.66. The fourth-order valence-electron chi connectivity index (χ4n) is 2.74. The van der Waals surface area contributed by atoms with Crippen molar-refractivity contribution >= 4 is 34.3 Å². The van der Waals surface area contributed by atoms with Gasteiger partial charge in [-0.25, -0.2) is 9.37 Å². The van der Waals surface area contributed by atoms with Gasteiger partial charge in [-0.05, 0) is 43.7 Å². The number of hydrogen-bond acceptors (Lipinski definition) is 5. The van der Waals surface area contributed by atoms with Crippen LogP contribution in [0.5, 0.6) is 0 Å². The first-order valence-electron chi connectivity index (χ1n) is 9.13. The van der Waals surface area contributed by atoms with E-state index in [4.69, 9.17) is 4.74 Å². The third kappa shape index (κ3) is 4.83. The van der Waals surface area contributed by atoms with Gasteiger partial charge in [0.15, 0.2) is 5.16 Å². The van der Waals surface area contributed by atoms with Crippen LogP contribution >= 0.6 is 11.8 Å². The first-order valence-corrected chi connectivity index (χ1v) is 10.0. The highest BCUT2D eigenvalue weighted by molar-refractivity contribution is 8.00. The molecule has 0 bridgehead atoms. The Labute approximate surface area is 172 Å². The minimum Gasteiger partial charge on any atom is -0.383 e. The lowest BCUT2D eigenvalue weighted by atomic mass is 10.2. The molecule has 3 rings (SSSR count). The third-order valence-electron chi connectivity index (χ3n) is 4.44. The molecule has 0 radical (unpaired) electrons. The molecule has 0 unspecified atom stereocenters. The molecule has 1 amide bonds. The summed E-state index contributed by atoms with van der Waals surface area (Å²) in [7, 11) is 1.56. The Morgan fingerprint density at radius 2 is 2.07 bits per heavy atom. The molecule has 0 saturated heterocycles. The fourth-order valence-corrected chi connectivity index (χ4v) is 3.68. The number of anilines is 1. The number of carbonyl (C=O) groups is 1. The number of aromatic nitrogens is 2. The lowest BCUT2D eigenvalue weighted by Gasteiger charge is -2.16. The zero-order valence-electron chi connectivity index (χ0n) is 16.4. The largest absolute Gasteiger partial charge is 0.383 e. The summed E-state index contributed by atoms with van der Waals surface area (Å²) in [6, 6.07) is 11.6. The first-order chi connectivity index (χ1) is 13.9. The second-order valence-corrected chi connectivity index (χ2v) is 7.88. The second-order valence-electron chi connectivity index (χ2n) is 6.57. The summed E-state index contributed by atoms with van der Waals surface area (Å²) in [4.78, 5) is 30.0. The van der Waals surface area contributed by atoms with Crippen molar-refractivity contribution in [2.45, 2.75) is 30.8 Å². The molecule has 1 heterocycles. The average Bonchev–Trinajstić information content (AvgIpc) is 2.70. The van der Waals surface area contributed by atoms with Crippen LogP contribution in [0.25, 0.3) is 10.9 Å². The zero-order chi connectivity index (χ0) is 21.0. The molecule has 29 heavy (non-hydrogen) atoms. The van der Waals surface area contributed by atoms with Crippen molar-refractivity contribution in [3.8, 4) is 0 Å². The lowest BCUT2D eigenvalue weighted by molar-refractivity contribution is -0.115. The van der Waals surface area contributed by atoms with Gasteiger partial charge < -0.3 is 10.1 Å². The number of thioether (sulfide) groups is 1. The van der Waals surface area contributed by atoms with E-state index in [-0.39, 0.29) is 17.3 Å². The number of fused-ring (bicyclic) bond motifs is 1. The molecule has 1 N–H and O–H groups in total. The number of hydrogen-bond donors (Lipinski definition) is 1. The third-order valence-corrected chi connectivity index (χ3v) is 5.53. The number of carbonyl (C=O) groups excluding carboxylic acids is 1. The van der Waals surface area contributed by atoms with Crippen molar-refractivity contribution in [1.82, 2.24) is 9.55 Å². The van der Waals surface area contributed by atoms with Gasteiger partial charge >= 0.3 is 0 Å². The van der Waals surface area contributed by atoms with Crippen LogP contribution in [0.1, 0.15) is 12.5 Å². The first kappa shape index (κ1) is 21.0. The Morgan fingerprint density at radius 3 is 2.79 bits per heavy atom. The van der Waals surface area contributed by atoms with Crippen molar-refractivity contribution < 1.29 is 13.9 Å². The Bertz CT molecular complexity index is 1100. The summed E-state index contributed by atoms with van der Waals surface area (Å²) in [5.74, 6) is -0.688. The molecule has 6 nitrogen and oxygen atoms in total. The van der Waals surface area contributed by atoms with Gasteiger partial charge in [0.05, 0.1) is 29.3 Å². The summed E-state index contributed by atoms with van der Waals surface area (Å²) in [6.45, 7) is 4.04. The van der Waals surface area contributed by atoms with Gasteiger partial charge in [0.25, 0.3) is 5.56 Å². The zero-order valence-corrected chi connectivity index (χ0v) is 17.3. The van der Waals surface area contributed by atoms with Gasteiger partial charge in [0, 0.05) is 12.8 Å². The topological polar surface area (TPSA) is 73.2 Å². The normalized spacial score (nSPS) is 12.1. The molecular weight excluding hydrogens is 393 g/mol. The Balaban J connectivity index is 1.86. The van der Waals surface area contributed by atoms with E-state index in [9.17, 15) is 14.0 Å². The standard InChI is InChI=1S/C21H22FN3O3S/c1-13-8-9-15(12-17(13)22)23-19(26)14(2)29-21-24-18-7-5-4-6-16(18)20(27)25(21)10-11-28-3/h4-9,12,14H,10-11H2,1-3H3,(H,23,26)/t14-/m1/s1. The highest BCUT2D eigenvalue weighted by atomic mass is 32.2. The van der Waals surface area contributed by atoms with Crippen molar-refractivity contribution in [3.63, 3.8) is 0 Å². The highest BCUT2D eigenvalue weighted by Gasteiger charge is 2.20. The summed E-state index contributed by atoms with van der Waals surface area (Å²) >= 11 is 1.17. The molecule has 0 aliphatic carbocycles. The maximum atomic E-state index is 13.7. The number of aryl methyl sites for hydroxylation is 1. The summed E-state index contributed by atoms with van der Waals surface area (Å²) in [5.41, 5.74) is 1.28. The number of halogens is 1. The molecule has 0 fully saturated rings. The van der Waals surface area contributed by atoms with Gasteiger partial charge in [-0.3, -0.25) is 14.2 Å². The van der Waals surface area contributed by atoms with Crippen molar-refractivity contribution in [1.29, 1.82) is 0 Å². The molecule has 0 aliphatic heterocycles. The highest BCUT2D eigenvalue weighted by Crippen LogP contribution is 2.24. The van der Waals surface area contributed by atoms with Crippen LogP contribution in [0.4, 0.5) is 10.1 Å². The van der Waals surface area contributed by atoms with Crippen LogP contribution in [0.2, 0.25) is 0 Å². The van der Waals surface area contributed by atoms with Gasteiger partial charge in [-0.15, -0.1) is 0 Å². The maximum absolute atomic E-state index is 13.7. The predicted molar refractivity (Wildman–Crippen MR) is 113 cm³/mol. The molecule has 8 heteroatoms. The Hall–Kier alpha value is -2.71. The lowest BCUT2D eigenvalue weighted by Crippen LogP contribution is -2.28. The number of rotatable bonds is 7. The number of amides is 1. The average molecular weight is 415 g/mol. The SMILES string of the molecule is COCCn1c(S[C@H](C)C(=O)Nc2ccc(C)c(F)c2)nc2ccccc2c1=O. The maximum Gasteiger partial charge on any atom is 0.262 e. The minimum atomic E-state index is -0.554. The van der Waals surface area contributed by atoms with Crippen LogP contribution in [-0.2, 0) is 16.1 Å².